The number of halogens is 1. The van der Waals surface area contributed by atoms with Gasteiger partial charge < -0.3 is 20.3 Å². The second-order valence-electron chi connectivity index (χ2n) is 8.22. The van der Waals surface area contributed by atoms with Crippen molar-refractivity contribution in [3.63, 3.8) is 0 Å². The Morgan fingerprint density at radius 2 is 1.94 bits per heavy atom. The number of amides is 2. The first-order valence-electron chi connectivity index (χ1n) is 10.2. The summed E-state index contributed by atoms with van der Waals surface area (Å²) in [4.78, 5) is 38.3. The summed E-state index contributed by atoms with van der Waals surface area (Å²) in [5, 5.41) is 19.0. The van der Waals surface area contributed by atoms with Crippen molar-refractivity contribution in [2.75, 3.05) is 0 Å². The lowest BCUT2D eigenvalue weighted by atomic mass is 9.97. The van der Waals surface area contributed by atoms with E-state index in [9.17, 15) is 19.5 Å². The SMILES string of the molecule is Cc1cc(C(=O)NC(Cc2ccc(O)c(Cl)c2)C(=O)N[C@H](C(=O)C(C)C)C2CC2)no1. The molecule has 0 radical (unpaired) electrons. The first kappa shape index (κ1) is 22.8. The van der Waals surface area contributed by atoms with Gasteiger partial charge >= 0.3 is 0 Å². The second-order valence-corrected chi connectivity index (χ2v) is 8.63. The van der Waals surface area contributed by atoms with Crippen LogP contribution in [-0.2, 0) is 16.0 Å². The lowest BCUT2D eigenvalue weighted by Gasteiger charge is -2.24. The van der Waals surface area contributed by atoms with Gasteiger partial charge in [-0.1, -0.05) is 36.7 Å². The molecule has 1 aliphatic rings. The van der Waals surface area contributed by atoms with Crippen molar-refractivity contribution in [1.82, 2.24) is 15.8 Å². The third kappa shape index (κ3) is 5.85. The van der Waals surface area contributed by atoms with Gasteiger partial charge in [0.15, 0.2) is 11.5 Å². The summed E-state index contributed by atoms with van der Waals surface area (Å²) >= 11 is 5.99. The van der Waals surface area contributed by atoms with Crippen molar-refractivity contribution in [1.29, 1.82) is 0 Å². The van der Waals surface area contributed by atoms with Crippen molar-refractivity contribution in [2.24, 2.45) is 11.8 Å². The minimum atomic E-state index is -0.980. The molecule has 2 atom stereocenters. The van der Waals surface area contributed by atoms with E-state index in [0.29, 0.717) is 11.3 Å². The van der Waals surface area contributed by atoms with Crippen LogP contribution in [0.25, 0.3) is 0 Å². The molecule has 1 aliphatic carbocycles. The molecule has 1 fully saturated rings. The molecule has 1 unspecified atom stereocenters. The zero-order valence-corrected chi connectivity index (χ0v) is 18.4. The number of nitrogens with one attached hydrogen (secondary N) is 2. The van der Waals surface area contributed by atoms with Gasteiger partial charge in [-0.2, -0.15) is 0 Å². The molecule has 166 valence electrons. The van der Waals surface area contributed by atoms with Gasteiger partial charge in [-0.25, -0.2) is 0 Å². The Morgan fingerprint density at radius 3 is 2.48 bits per heavy atom. The number of rotatable bonds is 9. The number of ketones is 1. The Kier molecular flexibility index (Phi) is 7.00. The van der Waals surface area contributed by atoms with Crippen LogP contribution in [0.1, 0.15) is 48.5 Å². The van der Waals surface area contributed by atoms with Crippen LogP contribution >= 0.6 is 11.6 Å². The molecule has 0 aliphatic heterocycles. The van der Waals surface area contributed by atoms with Crippen molar-refractivity contribution in [3.05, 3.63) is 46.3 Å². The van der Waals surface area contributed by atoms with Gasteiger partial charge in [-0.05, 0) is 43.4 Å². The Labute approximate surface area is 185 Å². The fourth-order valence-corrected chi connectivity index (χ4v) is 3.49. The highest BCUT2D eigenvalue weighted by Crippen LogP contribution is 2.34. The third-order valence-electron chi connectivity index (χ3n) is 5.20. The maximum Gasteiger partial charge on any atom is 0.274 e. The smallest absolute Gasteiger partial charge is 0.274 e. The molecule has 2 amide bonds. The Bertz CT molecular complexity index is 983. The van der Waals surface area contributed by atoms with Crippen LogP contribution in [0.2, 0.25) is 5.02 Å². The fraction of sp³-hybridized carbons (Fsp3) is 0.455. The van der Waals surface area contributed by atoms with Gasteiger partial charge in [0, 0.05) is 18.4 Å². The predicted octanol–water partition coefficient (Wildman–Crippen LogP) is 2.80. The molecule has 31 heavy (non-hydrogen) atoms. The zero-order valence-electron chi connectivity index (χ0n) is 17.6. The number of Topliss-reactive ketones (excluding diaryl/α,β-unsaturated/α-hetero) is 1. The molecule has 9 heteroatoms. The van der Waals surface area contributed by atoms with Crippen LogP contribution in [0.5, 0.6) is 5.75 Å². The molecular formula is C22H26ClN3O5. The molecule has 0 saturated heterocycles. The van der Waals surface area contributed by atoms with Gasteiger partial charge in [0.25, 0.3) is 5.91 Å². The molecule has 1 saturated carbocycles. The number of hydrogen-bond donors (Lipinski definition) is 3. The fourth-order valence-electron chi connectivity index (χ4n) is 3.29. The topological polar surface area (TPSA) is 122 Å². The van der Waals surface area contributed by atoms with Crippen molar-refractivity contribution >= 4 is 29.2 Å². The van der Waals surface area contributed by atoms with Crippen molar-refractivity contribution in [2.45, 2.75) is 52.1 Å². The second kappa shape index (κ2) is 9.51. The van der Waals surface area contributed by atoms with E-state index in [4.69, 9.17) is 16.1 Å². The molecule has 1 aromatic heterocycles. The highest BCUT2D eigenvalue weighted by molar-refractivity contribution is 6.32. The standard InChI is InChI=1S/C22H26ClN3O5/c1-11(2)20(28)19(14-5-6-14)25-21(29)16(10-13-4-7-18(27)15(23)9-13)24-22(30)17-8-12(3)31-26-17/h4,7-9,11,14,16,19,27H,5-6,10H2,1-3H3,(H,24,30)(H,25,29)/t16?,19-/m0/s1. The minimum Gasteiger partial charge on any atom is -0.506 e. The molecule has 8 nitrogen and oxygen atoms in total. The Morgan fingerprint density at radius 1 is 1.23 bits per heavy atom. The van der Waals surface area contributed by atoms with Crippen LogP contribution < -0.4 is 10.6 Å². The lowest BCUT2D eigenvalue weighted by Crippen LogP contribution is -2.53. The third-order valence-corrected chi connectivity index (χ3v) is 5.50. The number of hydrogen-bond acceptors (Lipinski definition) is 6. The van der Waals surface area contributed by atoms with Crippen molar-refractivity contribution < 1.29 is 24.0 Å². The monoisotopic (exact) mass is 447 g/mol. The molecule has 0 spiro atoms. The quantitative estimate of drug-likeness (QED) is 0.543. The number of nitrogens with zero attached hydrogens (tertiary/aromatic N) is 1. The van der Waals surface area contributed by atoms with Crippen molar-refractivity contribution in [3.8, 4) is 5.75 Å². The number of carbonyl (C=O) groups excluding carboxylic acids is 3. The molecule has 3 rings (SSSR count). The van der Waals surface area contributed by atoms with E-state index in [2.05, 4.69) is 15.8 Å². The predicted molar refractivity (Wildman–Crippen MR) is 114 cm³/mol. The summed E-state index contributed by atoms with van der Waals surface area (Å²) in [6.45, 7) is 5.26. The summed E-state index contributed by atoms with van der Waals surface area (Å²) in [7, 11) is 0. The van der Waals surface area contributed by atoms with Crippen LogP contribution in [0.4, 0.5) is 0 Å². The summed E-state index contributed by atoms with van der Waals surface area (Å²) < 4.78 is 4.94. The van der Waals surface area contributed by atoms with E-state index < -0.39 is 23.9 Å². The number of aryl methyl sites for hydroxylation is 1. The molecule has 1 heterocycles. The highest BCUT2D eigenvalue weighted by Gasteiger charge is 2.39. The number of benzene rings is 1. The first-order chi connectivity index (χ1) is 14.7. The molecule has 2 aromatic rings. The van der Waals surface area contributed by atoms with Crippen LogP contribution in [0.3, 0.4) is 0 Å². The van der Waals surface area contributed by atoms with Gasteiger partial charge in [-0.3, -0.25) is 14.4 Å². The molecular weight excluding hydrogens is 422 g/mol. The van der Waals surface area contributed by atoms with E-state index in [0.717, 1.165) is 12.8 Å². The van der Waals surface area contributed by atoms with Gasteiger partial charge in [0.2, 0.25) is 5.91 Å². The van der Waals surface area contributed by atoms with E-state index >= 15 is 0 Å². The van der Waals surface area contributed by atoms with Gasteiger partial charge in [-0.15, -0.1) is 0 Å². The molecule has 3 N–H and O–H groups in total. The molecule has 1 aromatic carbocycles. The number of aromatic nitrogens is 1. The Balaban J connectivity index is 1.80. The highest BCUT2D eigenvalue weighted by atomic mass is 35.5. The number of aromatic hydroxyl groups is 1. The molecule has 0 bridgehead atoms. The Hall–Kier alpha value is -2.87. The number of carbonyl (C=O) groups is 3. The van der Waals surface area contributed by atoms with Gasteiger partial charge in [0.05, 0.1) is 11.1 Å². The summed E-state index contributed by atoms with van der Waals surface area (Å²) in [6, 6.07) is 4.48. The summed E-state index contributed by atoms with van der Waals surface area (Å²) in [5.41, 5.74) is 0.689. The maximum absolute atomic E-state index is 13.1. The van der Waals surface area contributed by atoms with Crippen LogP contribution in [0, 0.1) is 18.8 Å². The minimum absolute atomic E-state index is 0.0271. The van der Waals surface area contributed by atoms with E-state index in [1.165, 1.54) is 18.2 Å². The lowest BCUT2D eigenvalue weighted by molar-refractivity contribution is -0.130. The maximum atomic E-state index is 13.1. The van der Waals surface area contributed by atoms with E-state index in [1.807, 2.05) is 0 Å². The normalized spacial score (nSPS) is 15.4. The average molecular weight is 448 g/mol. The summed E-state index contributed by atoms with van der Waals surface area (Å²) in [5.74, 6) is -0.772. The first-order valence-corrected chi connectivity index (χ1v) is 10.6. The van der Waals surface area contributed by atoms with E-state index in [1.54, 1.807) is 26.8 Å². The largest absolute Gasteiger partial charge is 0.506 e. The zero-order chi connectivity index (χ0) is 22.7. The van der Waals surface area contributed by atoms with Crippen LogP contribution in [-0.4, -0.2) is 39.9 Å². The average Bonchev–Trinajstić information content (AvgIpc) is 3.47. The number of phenols is 1. The van der Waals surface area contributed by atoms with Gasteiger partial charge in [0.1, 0.15) is 17.6 Å². The van der Waals surface area contributed by atoms with E-state index in [-0.39, 0.29) is 40.5 Å². The number of phenolic OH excluding ortho intramolecular Hbond substituents is 1. The summed E-state index contributed by atoms with van der Waals surface area (Å²) in [6.07, 6.45) is 1.88. The van der Waals surface area contributed by atoms with Crippen LogP contribution in [0.15, 0.2) is 28.8 Å².